The van der Waals surface area contributed by atoms with Crippen LogP contribution < -0.4 is 5.73 Å². The summed E-state index contributed by atoms with van der Waals surface area (Å²) < 4.78 is 3.37. The summed E-state index contributed by atoms with van der Waals surface area (Å²) >= 11 is 1.67. The molecule has 4 aromatic rings. The van der Waals surface area contributed by atoms with Gasteiger partial charge in [0.15, 0.2) is 5.82 Å². The Bertz CT molecular complexity index is 981. The van der Waals surface area contributed by atoms with E-state index in [1.807, 2.05) is 24.3 Å². The Balaban J connectivity index is 2.11. The first kappa shape index (κ1) is 12.3. The number of aryl methyl sites for hydroxylation is 2. The highest BCUT2D eigenvalue weighted by Crippen LogP contribution is 2.33. The minimum Gasteiger partial charge on any atom is -0.399 e. The van der Waals surface area contributed by atoms with Gasteiger partial charge >= 0.3 is 0 Å². The van der Waals surface area contributed by atoms with Crippen molar-refractivity contribution in [3.63, 3.8) is 0 Å². The van der Waals surface area contributed by atoms with Crippen LogP contribution in [0.25, 0.3) is 26.6 Å². The Kier molecular flexibility index (Phi) is 2.53. The number of hydrogen-bond acceptors (Lipinski definition) is 4. The Hall–Kier alpha value is -2.40. The van der Waals surface area contributed by atoms with Crippen LogP contribution in [0.4, 0.5) is 5.69 Å². The van der Waals surface area contributed by atoms with Crippen LogP contribution in [0.1, 0.15) is 11.1 Å². The summed E-state index contributed by atoms with van der Waals surface area (Å²) in [5.74, 6) is 0.843. The molecule has 0 saturated carbocycles. The molecule has 2 aromatic heterocycles. The Morgan fingerprint density at radius 3 is 2.76 bits per heavy atom. The molecule has 0 aliphatic heterocycles. The summed E-state index contributed by atoms with van der Waals surface area (Å²) in [6.07, 6.45) is 0. The summed E-state index contributed by atoms with van der Waals surface area (Å²) in [4.78, 5) is 0.913. The summed E-state index contributed by atoms with van der Waals surface area (Å²) in [5, 5.41) is 8.67. The minimum absolute atomic E-state index is 0.733. The average molecular weight is 294 g/mol. The van der Waals surface area contributed by atoms with Crippen LogP contribution in [0.3, 0.4) is 0 Å². The molecule has 0 radical (unpaired) electrons. The van der Waals surface area contributed by atoms with Crippen molar-refractivity contribution in [3.05, 3.63) is 47.5 Å². The smallest absolute Gasteiger partial charge is 0.217 e. The number of thiazole rings is 1. The standard InChI is InChI=1S/C16H14N4S/c1-9-6-10(2)14-13(7-9)21-16-19-18-15(20(14)16)11-4-3-5-12(17)8-11/h3-8H,17H2,1-2H3. The number of fused-ring (bicyclic) bond motifs is 3. The fraction of sp³-hybridized carbons (Fsp3) is 0.125. The molecule has 0 bridgehead atoms. The van der Waals surface area contributed by atoms with Gasteiger partial charge in [-0.25, -0.2) is 0 Å². The molecule has 4 rings (SSSR count). The molecule has 0 spiro atoms. The first-order valence-corrected chi connectivity index (χ1v) is 7.56. The number of benzene rings is 2. The molecular formula is C16H14N4S. The Morgan fingerprint density at radius 1 is 1.10 bits per heavy atom. The lowest BCUT2D eigenvalue weighted by Gasteiger charge is -2.03. The molecule has 0 aliphatic rings. The minimum atomic E-state index is 0.733. The number of hydrogen-bond donors (Lipinski definition) is 1. The number of anilines is 1. The molecule has 0 aliphatic carbocycles. The van der Waals surface area contributed by atoms with Crippen LogP contribution in [-0.2, 0) is 0 Å². The second kappa shape index (κ2) is 4.30. The van der Waals surface area contributed by atoms with Crippen molar-refractivity contribution in [2.45, 2.75) is 13.8 Å². The van der Waals surface area contributed by atoms with E-state index in [1.54, 1.807) is 11.3 Å². The van der Waals surface area contributed by atoms with Crippen LogP contribution in [-0.4, -0.2) is 14.6 Å². The van der Waals surface area contributed by atoms with Gasteiger partial charge in [0.1, 0.15) is 0 Å². The van der Waals surface area contributed by atoms with Crippen LogP contribution in [0.15, 0.2) is 36.4 Å². The van der Waals surface area contributed by atoms with Crippen molar-refractivity contribution in [3.8, 4) is 11.4 Å². The molecule has 2 heterocycles. The fourth-order valence-electron chi connectivity index (χ4n) is 2.79. The number of aromatic nitrogens is 3. The van der Waals surface area contributed by atoms with E-state index in [4.69, 9.17) is 5.73 Å². The van der Waals surface area contributed by atoms with E-state index in [-0.39, 0.29) is 0 Å². The van der Waals surface area contributed by atoms with Gasteiger partial charge in [0.05, 0.1) is 10.2 Å². The van der Waals surface area contributed by atoms with Crippen molar-refractivity contribution in [1.29, 1.82) is 0 Å². The second-order valence-corrected chi connectivity index (χ2v) is 6.31. The van der Waals surface area contributed by atoms with E-state index in [9.17, 15) is 0 Å². The summed E-state index contributed by atoms with van der Waals surface area (Å²) in [7, 11) is 0. The van der Waals surface area contributed by atoms with Crippen molar-refractivity contribution < 1.29 is 0 Å². The molecule has 2 N–H and O–H groups in total. The predicted octanol–water partition coefficient (Wildman–Crippen LogP) is 3.81. The average Bonchev–Trinajstić information content (AvgIpc) is 2.96. The third-order valence-corrected chi connectivity index (χ3v) is 4.59. The van der Waals surface area contributed by atoms with Gasteiger partial charge in [0.2, 0.25) is 4.96 Å². The largest absolute Gasteiger partial charge is 0.399 e. The van der Waals surface area contributed by atoms with Crippen molar-refractivity contribution in [1.82, 2.24) is 14.6 Å². The molecule has 21 heavy (non-hydrogen) atoms. The first-order valence-electron chi connectivity index (χ1n) is 6.74. The molecule has 104 valence electrons. The maximum atomic E-state index is 5.89. The molecular weight excluding hydrogens is 280 g/mol. The van der Waals surface area contributed by atoms with Crippen molar-refractivity contribution in [2.24, 2.45) is 0 Å². The molecule has 0 saturated heterocycles. The third kappa shape index (κ3) is 1.81. The second-order valence-electron chi connectivity index (χ2n) is 5.30. The van der Waals surface area contributed by atoms with Gasteiger partial charge in [0.25, 0.3) is 0 Å². The highest BCUT2D eigenvalue weighted by molar-refractivity contribution is 7.23. The van der Waals surface area contributed by atoms with Gasteiger partial charge < -0.3 is 5.73 Å². The van der Waals surface area contributed by atoms with Crippen molar-refractivity contribution >= 4 is 32.2 Å². The van der Waals surface area contributed by atoms with Crippen molar-refractivity contribution in [2.75, 3.05) is 5.73 Å². The lowest BCUT2D eigenvalue weighted by molar-refractivity contribution is 1.12. The maximum Gasteiger partial charge on any atom is 0.217 e. The molecule has 0 fully saturated rings. The molecule has 0 atom stereocenters. The van der Waals surface area contributed by atoms with Gasteiger partial charge in [-0.2, -0.15) is 0 Å². The maximum absolute atomic E-state index is 5.89. The van der Waals surface area contributed by atoms with Gasteiger partial charge in [-0.3, -0.25) is 4.40 Å². The van der Waals surface area contributed by atoms with E-state index in [0.717, 1.165) is 22.0 Å². The summed E-state index contributed by atoms with van der Waals surface area (Å²) in [5.41, 5.74) is 11.3. The number of nitrogens with zero attached hydrogens (tertiary/aromatic N) is 3. The summed E-state index contributed by atoms with van der Waals surface area (Å²) in [6, 6.07) is 12.2. The third-order valence-electron chi connectivity index (χ3n) is 3.61. The quantitative estimate of drug-likeness (QED) is 0.543. The van der Waals surface area contributed by atoms with E-state index in [0.29, 0.717) is 0 Å². The highest BCUT2D eigenvalue weighted by Gasteiger charge is 2.15. The van der Waals surface area contributed by atoms with Gasteiger partial charge in [-0.1, -0.05) is 29.5 Å². The van der Waals surface area contributed by atoms with E-state index in [2.05, 4.69) is 40.6 Å². The zero-order valence-corrected chi connectivity index (χ0v) is 12.6. The molecule has 2 aromatic carbocycles. The first-order chi connectivity index (χ1) is 10.1. The van der Waals surface area contributed by atoms with E-state index >= 15 is 0 Å². The van der Waals surface area contributed by atoms with E-state index in [1.165, 1.54) is 21.3 Å². The van der Waals surface area contributed by atoms with Gasteiger partial charge in [-0.05, 0) is 43.2 Å². The molecule has 4 nitrogen and oxygen atoms in total. The predicted molar refractivity (Wildman–Crippen MR) is 87.7 cm³/mol. The van der Waals surface area contributed by atoms with Gasteiger partial charge in [0, 0.05) is 11.3 Å². The van der Waals surface area contributed by atoms with Gasteiger partial charge in [-0.15, -0.1) is 10.2 Å². The normalized spacial score (nSPS) is 11.5. The molecule has 5 heteroatoms. The lowest BCUT2D eigenvalue weighted by atomic mass is 10.1. The lowest BCUT2D eigenvalue weighted by Crippen LogP contribution is -1.92. The number of nitrogens with two attached hydrogens (primary N) is 1. The Morgan fingerprint density at radius 2 is 1.95 bits per heavy atom. The summed E-state index contributed by atoms with van der Waals surface area (Å²) in [6.45, 7) is 4.25. The topological polar surface area (TPSA) is 56.2 Å². The van der Waals surface area contributed by atoms with Crippen LogP contribution >= 0.6 is 11.3 Å². The fourth-order valence-corrected chi connectivity index (χ4v) is 3.93. The van der Waals surface area contributed by atoms with Crippen LogP contribution in [0.2, 0.25) is 0 Å². The zero-order chi connectivity index (χ0) is 14.6. The highest BCUT2D eigenvalue weighted by atomic mass is 32.1. The monoisotopic (exact) mass is 294 g/mol. The molecule has 0 unspecified atom stereocenters. The zero-order valence-electron chi connectivity index (χ0n) is 11.8. The number of rotatable bonds is 1. The Labute approximate surface area is 125 Å². The van der Waals surface area contributed by atoms with Crippen LogP contribution in [0, 0.1) is 13.8 Å². The SMILES string of the molecule is Cc1cc(C)c2c(c1)sc1nnc(-c3cccc(N)c3)n12. The van der Waals surface area contributed by atoms with E-state index < -0.39 is 0 Å². The molecule has 0 amide bonds. The number of nitrogen functional groups attached to an aromatic ring is 1. The van der Waals surface area contributed by atoms with Crippen LogP contribution in [0.5, 0.6) is 0 Å².